The highest BCUT2D eigenvalue weighted by Gasteiger charge is 2.23. The predicted molar refractivity (Wildman–Crippen MR) is 108 cm³/mol. The van der Waals surface area contributed by atoms with E-state index in [1.165, 1.54) is 6.08 Å². The zero-order chi connectivity index (χ0) is 19.5. The Morgan fingerprint density at radius 2 is 1.86 bits per heavy atom. The first-order chi connectivity index (χ1) is 13.7. The summed E-state index contributed by atoms with van der Waals surface area (Å²) in [5.41, 5.74) is 2.47. The molecule has 142 valence electrons. The number of nitrogens with zero attached hydrogens (tertiary/aromatic N) is 5. The summed E-state index contributed by atoms with van der Waals surface area (Å²) >= 11 is 0. The largest absolute Gasteiger partial charge is 0.497 e. The number of carbonyl (C=O) groups excluding carboxylic acids is 1. The third-order valence-corrected chi connectivity index (χ3v) is 4.85. The minimum atomic E-state index is -0.0377. The first-order valence-electron chi connectivity index (χ1n) is 9.13. The van der Waals surface area contributed by atoms with Crippen LogP contribution < -0.4 is 9.64 Å². The Labute approximate surface area is 163 Å². The zero-order valence-electron chi connectivity index (χ0n) is 15.7. The molecule has 1 fully saturated rings. The lowest BCUT2D eigenvalue weighted by Crippen LogP contribution is -2.48. The molecule has 4 rings (SSSR count). The number of aromatic nitrogens is 3. The van der Waals surface area contributed by atoms with Gasteiger partial charge in [-0.1, -0.05) is 6.58 Å². The van der Waals surface area contributed by atoms with Gasteiger partial charge in [-0.3, -0.25) is 9.78 Å². The van der Waals surface area contributed by atoms with Gasteiger partial charge in [0.1, 0.15) is 11.3 Å². The highest BCUT2D eigenvalue weighted by Crippen LogP contribution is 2.27. The predicted octanol–water partition coefficient (Wildman–Crippen LogP) is 2.54. The molecule has 3 heterocycles. The molecule has 1 aliphatic heterocycles. The minimum Gasteiger partial charge on any atom is -0.497 e. The molecule has 0 atom stereocenters. The van der Waals surface area contributed by atoms with E-state index in [0.717, 1.165) is 28.2 Å². The normalized spacial score (nSPS) is 14.2. The van der Waals surface area contributed by atoms with Crippen LogP contribution in [0.1, 0.15) is 0 Å². The second-order valence-corrected chi connectivity index (χ2v) is 6.49. The number of fused-ring (bicyclic) bond motifs is 1. The second-order valence-electron chi connectivity index (χ2n) is 6.49. The van der Waals surface area contributed by atoms with E-state index < -0.39 is 0 Å². The molecule has 0 aliphatic carbocycles. The van der Waals surface area contributed by atoms with Gasteiger partial charge in [0, 0.05) is 37.9 Å². The van der Waals surface area contributed by atoms with Gasteiger partial charge in [0.15, 0.2) is 11.6 Å². The maximum absolute atomic E-state index is 11.9. The van der Waals surface area contributed by atoms with Crippen molar-refractivity contribution in [3.63, 3.8) is 0 Å². The molecule has 1 saturated heterocycles. The fourth-order valence-corrected chi connectivity index (χ4v) is 3.31. The average molecular weight is 375 g/mol. The van der Waals surface area contributed by atoms with Crippen LogP contribution in [0.2, 0.25) is 0 Å². The number of hydrogen-bond donors (Lipinski definition) is 0. The van der Waals surface area contributed by atoms with Gasteiger partial charge >= 0.3 is 0 Å². The molecule has 0 saturated carbocycles. The van der Waals surface area contributed by atoms with Crippen molar-refractivity contribution in [3.8, 4) is 17.1 Å². The molecule has 0 spiro atoms. The second kappa shape index (κ2) is 7.64. The number of methoxy groups -OCH3 is 1. The lowest BCUT2D eigenvalue weighted by atomic mass is 10.2. The zero-order valence-corrected chi connectivity index (χ0v) is 15.7. The van der Waals surface area contributed by atoms with Crippen molar-refractivity contribution in [2.75, 3.05) is 38.2 Å². The highest BCUT2D eigenvalue weighted by molar-refractivity contribution is 5.89. The molecular weight excluding hydrogens is 354 g/mol. The summed E-state index contributed by atoms with van der Waals surface area (Å²) in [6.07, 6.45) is 3.11. The summed E-state index contributed by atoms with van der Waals surface area (Å²) in [5, 5.41) is 0. The van der Waals surface area contributed by atoms with Crippen molar-refractivity contribution in [2.24, 2.45) is 0 Å². The van der Waals surface area contributed by atoms with Crippen LogP contribution >= 0.6 is 0 Å². The van der Waals surface area contributed by atoms with Gasteiger partial charge in [-0.15, -0.1) is 0 Å². The first-order valence-corrected chi connectivity index (χ1v) is 9.13. The summed E-state index contributed by atoms with van der Waals surface area (Å²) in [7, 11) is 1.64. The van der Waals surface area contributed by atoms with E-state index in [4.69, 9.17) is 14.7 Å². The Morgan fingerprint density at radius 1 is 1.11 bits per heavy atom. The van der Waals surface area contributed by atoms with Crippen LogP contribution in [0.25, 0.3) is 22.4 Å². The van der Waals surface area contributed by atoms with Crippen LogP contribution in [-0.2, 0) is 4.79 Å². The van der Waals surface area contributed by atoms with Crippen molar-refractivity contribution in [2.45, 2.75) is 0 Å². The molecule has 0 unspecified atom stereocenters. The Morgan fingerprint density at radius 3 is 2.54 bits per heavy atom. The van der Waals surface area contributed by atoms with Gasteiger partial charge in [0.25, 0.3) is 0 Å². The maximum Gasteiger partial charge on any atom is 0.246 e. The molecule has 0 bridgehead atoms. The molecule has 0 radical (unpaired) electrons. The number of carbonyl (C=O) groups is 1. The topological polar surface area (TPSA) is 71.5 Å². The van der Waals surface area contributed by atoms with Crippen molar-refractivity contribution in [1.82, 2.24) is 19.9 Å². The average Bonchev–Trinajstić information content (AvgIpc) is 2.78. The van der Waals surface area contributed by atoms with Crippen LogP contribution in [0.15, 0.2) is 55.3 Å². The van der Waals surface area contributed by atoms with Crippen molar-refractivity contribution < 1.29 is 9.53 Å². The molecule has 7 heteroatoms. The lowest BCUT2D eigenvalue weighted by molar-refractivity contribution is -0.126. The number of anilines is 1. The summed E-state index contributed by atoms with van der Waals surface area (Å²) in [6, 6.07) is 11.5. The Kier molecular flexibility index (Phi) is 4.89. The lowest BCUT2D eigenvalue weighted by Gasteiger charge is -2.35. The standard InChI is InChI=1S/C21H21N5O2/c1-3-18(27)25-11-13-26(14-12-25)21-19-17(5-4-10-22-19)23-20(24-21)15-6-8-16(28-2)9-7-15/h3-10H,1,11-14H2,2H3. The maximum atomic E-state index is 11.9. The van der Waals surface area contributed by atoms with E-state index in [9.17, 15) is 4.79 Å². The SMILES string of the molecule is C=CC(=O)N1CCN(c2nc(-c3ccc(OC)cc3)nc3cccnc23)CC1. The fraction of sp³-hybridized carbons (Fsp3) is 0.238. The van der Waals surface area contributed by atoms with Crippen LogP contribution in [0.3, 0.4) is 0 Å². The summed E-state index contributed by atoms with van der Waals surface area (Å²) in [5.74, 6) is 2.18. The third-order valence-electron chi connectivity index (χ3n) is 4.85. The Bertz CT molecular complexity index is 1010. The van der Waals surface area contributed by atoms with E-state index in [2.05, 4.69) is 16.5 Å². The molecule has 7 nitrogen and oxygen atoms in total. The van der Waals surface area contributed by atoms with Crippen LogP contribution in [0.5, 0.6) is 5.75 Å². The number of piperazine rings is 1. The fourth-order valence-electron chi connectivity index (χ4n) is 3.31. The number of benzene rings is 1. The monoisotopic (exact) mass is 375 g/mol. The number of pyridine rings is 1. The van der Waals surface area contributed by atoms with Crippen molar-refractivity contribution >= 4 is 22.8 Å². The first kappa shape index (κ1) is 17.9. The van der Waals surface area contributed by atoms with Crippen molar-refractivity contribution in [3.05, 3.63) is 55.3 Å². The number of amides is 1. The molecule has 2 aromatic heterocycles. The van der Waals surface area contributed by atoms with E-state index in [0.29, 0.717) is 32.0 Å². The third kappa shape index (κ3) is 3.38. The van der Waals surface area contributed by atoms with E-state index in [-0.39, 0.29) is 5.91 Å². The molecule has 0 N–H and O–H groups in total. The Hall–Kier alpha value is -3.48. The van der Waals surface area contributed by atoms with E-state index >= 15 is 0 Å². The summed E-state index contributed by atoms with van der Waals surface area (Å²) < 4.78 is 5.23. The molecule has 1 aliphatic rings. The van der Waals surface area contributed by atoms with Gasteiger partial charge in [0.05, 0.1) is 12.6 Å². The van der Waals surface area contributed by atoms with Gasteiger partial charge < -0.3 is 14.5 Å². The van der Waals surface area contributed by atoms with Gasteiger partial charge in [-0.05, 0) is 42.5 Å². The Balaban J connectivity index is 1.71. The smallest absolute Gasteiger partial charge is 0.246 e. The van der Waals surface area contributed by atoms with Gasteiger partial charge in [-0.25, -0.2) is 9.97 Å². The van der Waals surface area contributed by atoms with Crippen LogP contribution in [0, 0.1) is 0 Å². The molecular formula is C21H21N5O2. The van der Waals surface area contributed by atoms with E-state index in [1.54, 1.807) is 18.2 Å². The van der Waals surface area contributed by atoms with Crippen LogP contribution in [0.4, 0.5) is 5.82 Å². The minimum absolute atomic E-state index is 0.0377. The van der Waals surface area contributed by atoms with Crippen LogP contribution in [-0.4, -0.2) is 59.0 Å². The molecule has 3 aromatic rings. The van der Waals surface area contributed by atoms with Gasteiger partial charge in [0.2, 0.25) is 5.91 Å². The van der Waals surface area contributed by atoms with Crippen molar-refractivity contribution in [1.29, 1.82) is 0 Å². The summed E-state index contributed by atoms with van der Waals surface area (Å²) in [6.45, 7) is 6.19. The molecule has 1 amide bonds. The summed E-state index contributed by atoms with van der Waals surface area (Å²) in [4.78, 5) is 29.8. The van der Waals surface area contributed by atoms with Gasteiger partial charge in [-0.2, -0.15) is 0 Å². The number of ether oxygens (including phenoxy) is 1. The quantitative estimate of drug-likeness (QED) is 0.653. The highest BCUT2D eigenvalue weighted by atomic mass is 16.5. The number of rotatable bonds is 4. The van der Waals surface area contributed by atoms with E-state index in [1.807, 2.05) is 36.4 Å². The molecule has 1 aromatic carbocycles. The number of hydrogen-bond acceptors (Lipinski definition) is 6. The molecule has 28 heavy (non-hydrogen) atoms.